The molecule has 1 aromatic carbocycles. The molecule has 4 heteroatoms. The van der Waals surface area contributed by atoms with E-state index in [1.807, 2.05) is 0 Å². The summed E-state index contributed by atoms with van der Waals surface area (Å²) in [5, 5.41) is 8.66. The fourth-order valence-electron chi connectivity index (χ4n) is 1.07. The van der Waals surface area contributed by atoms with Gasteiger partial charge in [-0.05, 0) is 12.1 Å². The molecule has 0 radical (unpaired) electrons. The molecule has 0 bridgehead atoms. The van der Waals surface area contributed by atoms with Crippen LogP contribution in [0.4, 0.5) is 8.78 Å². The lowest BCUT2D eigenvalue weighted by Gasteiger charge is -2.08. The summed E-state index contributed by atoms with van der Waals surface area (Å²) >= 11 is 0. The van der Waals surface area contributed by atoms with Crippen LogP contribution in [0.1, 0.15) is 11.5 Å². The summed E-state index contributed by atoms with van der Waals surface area (Å²) in [6, 6.07) is 3.29. The number of aliphatic hydroxyl groups is 1. The van der Waals surface area contributed by atoms with E-state index in [1.54, 1.807) is 0 Å². The zero-order valence-corrected chi connectivity index (χ0v) is 6.71. The van der Waals surface area contributed by atoms with Gasteiger partial charge in [-0.1, -0.05) is 6.07 Å². The predicted octanol–water partition coefficient (Wildman–Crippen LogP) is 1.24. The van der Waals surface area contributed by atoms with Crippen LogP contribution in [0.15, 0.2) is 18.2 Å². The number of carbonyl (C=O) groups is 1. The predicted molar refractivity (Wildman–Crippen MR) is 42.2 cm³/mol. The Balaban J connectivity index is 3.17. The fourth-order valence-corrected chi connectivity index (χ4v) is 1.07. The van der Waals surface area contributed by atoms with Crippen LogP contribution >= 0.6 is 0 Å². The number of carbonyl (C=O) groups excluding carboxylic acids is 1. The first kappa shape index (κ1) is 9.80. The van der Waals surface area contributed by atoms with Gasteiger partial charge in [0.25, 0.3) is 0 Å². The second-order valence-electron chi connectivity index (χ2n) is 2.56. The molecule has 0 heterocycles. The summed E-state index contributed by atoms with van der Waals surface area (Å²) in [5.74, 6) is -2.75. The molecular weight excluding hydrogens is 178 g/mol. The highest BCUT2D eigenvalue weighted by Crippen LogP contribution is 2.20. The Labute approximate surface area is 73.8 Å². The summed E-state index contributed by atoms with van der Waals surface area (Å²) in [6.45, 7) is -0.596. The van der Waals surface area contributed by atoms with E-state index in [-0.39, 0.29) is 5.56 Å². The molecule has 1 aromatic rings. The van der Waals surface area contributed by atoms with Crippen molar-refractivity contribution in [1.82, 2.24) is 0 Å². The van der Waals surface area contributed by atoms with Gasteiger partial charge in [0, 0.05) is 5.56 Å². The first-order valence-corrected chi connectivity index (χ1v) is 3.70. The molecule has 70 valence electrons. The number of benzene rings is 1. The van der Waals surface area contributed by atoms with E-state index < -0.39 is 24.2 Å². The number of aliphatic hydroxyl groups excluding tert-OH is 1. The fraction of sp³-hybridized carbons (Fsp3) is 0.222. The standard InChI is InChI=1S/C9H8F2O2/c10-7-2-1-3-8(11)9(7)6(4-12)5-13/h1-4,6,13H,5H2. The first-order valence-electron chi connectivity index (χ1n) is 3.70. The van der Waals surface area contributed by atoms with Crippen molar-refractivity contribution < 1.29 is 18.7 Å². The molecule has 0 aromatic heterocycles. The Hall–Kier alpha value is -1.29. The highest BCUT2D eigenvalue weighted by molar-refractivity contribution is 5.62. The number of hydrogen-bond acceptors (Lipinski definition) is 2. The molecule has 0 fully saturated rings. The zero-order chi connectivity index (χ0) is 9.84. The smallest absolute Gasteiger partial charge is 0.130 e. The Kier molecular flexibility index (Phi) is 3.08. The Morgan fingerprint density at radius 3 is 2.31 bits per heavy atom. The third-order valence-corrected chi connectivity index (χ3v) is 1.73. The van der Waals surface area contributed by atoms with Gasteiger partial charge in [0.15, 0.2) is 0 Å². The Morgan fingerprint density at radius 1 is 1.38 bits per heavy atom. The minimum Gasteiger partial charge on any atom is -0.395 e. The van der Waals surface area contributed by atoms with Crippen molar-refractivity contribution in [2.24, 2.45) is 0 Å². The highest BCUT2D eigenvalue weighted by Gasteiger charge is 2.18. The quantitative estimate of drug-likeness (QED) is 0.721. The zero-order valence-electron chi connectivity index (χ0n) is 6.71. The Morgan fingerprint density at radius 2 is 1.92 bits per heavy atom. The molecule has 0 aliphatic carbocycles. The lowest BCUT2D eigenvalue weighted by Crippen LogP contribution is -2.10. The van der Waals surface area contributed by atoms with E-state index in [0.29, 0.717) is 6.29 Å². The van der Waals surface area contributed by atoms with Gasteiger partial charge < -0.3 is 9.90 Å². The van der Waals surface area contributed by atoms with Gasteiger partial charge in [0.2, 0.25) is 0 Å². The molecule has 2 nitrogen and oxygen atoms in total. The van der Waals surface area contributed by atoms with Crippen LogP contribution in [0.3, 0.4) is 0 Å². The van der Waals surface area contributed by atoms with Crippen LogP contribution < -0.4 is 0 Å². The van der Waals surface area contributed by atoms with E-state index in [4.69, 9.17) is 5.11 Å². The number of aldehydes is 1. The lowest BCUT2D eigenvalue weighted by molar-refractivity contribution is -0.109. The molecule has 0 aliphatic heterocycles. The molecule has 0 saturated carbocycles. The molecule has 13 heavy (non-hydrogen) atoms. The van der Waals surface area contributed by atoms with Crippen LogP contribution in [-0.4, -0.2) is 18.0 Å². The molecule has 1 N–H and O–H groups in total. The van der Waals surface area contributed by atoms with Crippen LogP contribution in [0, 0.1) is 11.6 Å². The van der Waals surface area contributed by atoms with Crippen molar-refractivity contribution in [3.63, 3.8) is 0 Å². The van der Waals surface area contributed by atoms with Gasteiger partial charge in [-0.15, -0.1) is 0 Å². The summed E-state index contributed by atoms with van der Waals surface area (Å²) < 4.78 is 25.9. The van der Waals surface area contributed by atoms with E-state index in [0.717, 1.165) is 12.1 Å². The molecule has 1 unspecified atom stereocenters. The van der Waals surface area contributed by atoms with E-state index in [2.05, 4.69) is 0 Å². The third-order valence-electron chi connectivity index (χ3n) is 1.73. The van der Waals surface area contributed by atoms with Gasteiger partial charge in [-0.3, -0.25) is 0 Å². The van der Waals surface area contributed by atoms with Crippen molar-refractivity contribution in [3.05, 3.63) is 35.4 Å². The van der Waals surface area contributed by atoms with E-state index in [9.17, 15) is 13.6 Å². The minimum absolute atomic E-state index is 0.321. The van der Waals surface area contributed by atoms with Crippen LogP contribution in [0.2, 0.25) is 0 Å². The molecule has 0 aliphatic rings. The Bertz CT molecular complexity index is 292. The lowest BCUT2D eigenvalue weighted by atomic mass is 10.0. The minimum atomic E-state index is -1.12. The van der Waals surface area contributed by atoms with Crippen molar-refractivity contribution in [3.8, 4) is 0 Å². The number of rotatable bonds is 3. The summed E-state index contributed by atoms with van der Waals surface area (Å²) in [6.07, 6.45) is 0.321. The van der Waals surface area contributed by atoms with Gasteiger partial charge in [-0.25, -0.2) is 8.78 Å². The second-order valence-corrected chi connectivity index (χ2v) is 2.56. The molecule has 1 atom stereocenters. The maximum atomic E-state index is 13.0. The molecular formula is C9H8F2O2. The second kappa shape index (κ2) is 4.09. The summed E-state index contributed by atoms with van der Waals surface area (Å²) in [4.78, 5) is 10.3. The van der Waals surface area contributed by atoms with Crippen molar-refractivity contribution in [1.29, 1.82) is 0 Å². The monoisotopic (exact) mass is 186 g/mol. The topological polar surface area (TPSA) is 37.3 Å². The van der Waals surface area contributed by atoms with Crippen LogP contribution in [0.25, 0.3) is 0 Å². The van der Waals surface area contributed by atoms with Gasteiger partial charge in [0.1, 0.15) is 17.9 Å². The van der Waals surface area contributed by atoms with Gasteiger partial charge in [0.05, 0.1) is 12.5 Å². The maximum Gasteiger partial charge on any atom is 0.130 e. The molecule has 0 spiro atoms. The average Bonchev–Trinajstić information content (AvgIpc) is 2.11. The van der Waals surface area contributed by atoms with Crippen LogP contribution in [0.5, 0.6) is 0 Å². The highest BCUT2D eigenvalue weighted by atomic mass is 19.1. The van der Waals surface area contributed by atoms with E-state index in [1.165, 1.54) is 6.07 Å². The normalized spacial score (nSPS) is 12.5. The molecule has 0 saturated heterocycles. The third kappa shape index (κ3) is 1.89. The SMILES string of the molecule is O=CC(CO)c1c(F)cccc1F. The summed E-state index contributed by atoms with van der Waals surface area (Å²) in [5.41, 5.74) is -0.375. The largest absolute Gasteiger partial charge is 0.395 e. The molecule has 0 amide bonds. The average molecular weight is 186 g/mol. The van der Waals surface area contributed by atoms with Crippen molar-refractivity contribution in [2.45, 2.75) is 5.92 Å². The van der Waals surface area contributed by atoms with Gasteiger partial charge >= 0.3 is 0 Å². The first-order chi connectivity index (χ1) is 6.20. The van der Waals surface area contributed by atoms with Crippen molar-refractivity contribution >= 4 is 6.29 Å². The molecule has 1 rings (SSSR count). The number of halogens is 2. The van der Waals surface area contributed by atoms with Crippen LogP contribution in [-0.2, 0) is 4.79 Å². The maximum absolute atomic E-state index is 13.0. The van der Waals surface area contributed by atoms with E-state index >= 15 is 0 Å². The van der Waals surface area contributed by atoms with Crippen molar-refractivity contribution in [2.75, 3.05) is 6.61 Å². The van der Waals surface area contributed by atoms with Gasteiger partial charge in [-0.2, -0.15) is 0 Å². The number of hydrogen-bond donors (Lipinski definition) is 1. The summed E-state index contributed by atoms with van der Waals surface area (Å²) in [7, 11) is 0.